The Kier molecular flexibility index (Phi) is 5.69. The lowest BCUT2D eigenvalue weighted by molar-refractivity contribution is 0.0839. The van der Waals surface area contributed by atoms with Crippen LogP contribution in [0.2, 0.25) is 0 Å². The van der Waals surface area contributed by atoms with E-state index in [0.29, 0.717) is 25.3 Å². The zero-order chi connectivity index (χ0) is 17.5. The first-order chi connectivity index (χ1) is 12.2. The zero-order valence-electron chi connectivity index (χ0n) is 13.7. The number of carbonyl (C=O) groups is 2. The summed E-state index contributed by atoms with van der Waals surface area (Å²) < 4.78 is 5.69. The molecule has 2 N–H and O–H groups in total. The third-order valence-corrected chi connectivity index (χ3v) is 4.04. The Morgan fingerprint density at radius 1 is 1.08 bits per heavy atom. The number of hydrogen-bond donors (Lipinski definition) is 2. The van der Waals surface area contributed by atoms with Crippen molar-refractivity contribution < 1.29 is 14.3 Å². The molecular formula is C18H20N4O3. The molecule has 0 unspecified atom stereocenters. The highest BCUT2D eigenvalue weighted by Gasteiger charge is 2.26. The second-order valence-electron chi connectivity index (χ2n) is 5.93. The summed E-state index contributed by atoms with van der Waals surface area (Å²) in [6.07, 6.45) is 5.15. The van der Waals surface area contributed by atoms with Gasteiger partial charge in [-0.2, -0.15) is 0 Å². The number of nitrogens with one attached hydrogen (secondary N) is 2. The van der Waals surface area contributed by atoms with Crippen LogP contribution in [0.3, 0.4) is 0 Å². The minimum Gasteiger partial charge on any atom is -0.376 e. The molecule has 1 aliphatic heterocycles. The van der Waals surface area contributed by atoms with Crippen LogP contribution in [0.15, 0.2) is 48.9 Å². The van der Waals surface area contributed by atoms with Crippen molar-refractivity contribution in [3.63, 3.8) is 0 Å². The summed E-state index contributed by atoms with van der Waals surface area (Å²) in [5, 5.41) is 5.73. The minimum atomic E-state index is -0.266. The number of nitrogens with zero attached hydrogens (tertiary/aromatic N) is 2. The maximum Gasteiger partial charge on any atom is 0.271 e. The van der Waals surface area contributed by atoms with Gasteiger partial charge in [0.1, 0.15) is 5.69 Å². The first-order valence-corrected chi connectivity index (χ1v) is 8.21. The van der Waals surface area contributed by atoms with Crippen LogP contribution in [0.25, 0.3) is 0 Å². The fraction of sp³-hybridized carbons (Fsp3) is 0.333. The standard InChI is InChI=1S/C18H20N4O3/c23-17(14-4-2-1-3-5-14)21-9-13-8-15(25-12-13)10-22-18(24)16-11-19-6-7-20-16/h1-7,11,13,15H,8-10,12H2,(H,21,23)(H,22,24)/t13-,15+/m1/s1. The Morgan fingerprint density at radius 2 is 1.88 bits per heavy atom. The van der Waals surface area contributed by atoms with Crippen molar-refractivity contribution in [1.82, 2.24) is 20.6 Å². The second kappa shape index (κ2) is 8.34. The summed E-state index contributed by atoms with van der Waals surface area (Å²) in [5.41, 5.74) is 0.932. The molecule has 0 aliphatic carbocycles. The SMILES string of the molecule is O=C(NC[C@@H]1CO[C@H](CNC(=O)c2cnccn2)C1)c1ccccc1. The lowest BCUT2D eigenvalue weighted by Gasteiger charge is -2.11. The van der Waals surface area contributed by atoms with Crippen LogP contribution in [0.4, 0.5) is 0 Å². The Labute approximate surface area is 145 Å². The molecule has 0 radical (unpaired) electrons. The molecule has 2 amide bonds. The van der Waals surface area contributed by atoms with Crippen molar-refractivity contribution in [3.8, 4) is 0 Å². The van der Waals surface area contributed by atoms with Crippen LogP contribution in [0, 0.1) is 5.92 Å². The van der Waals surface area contributed by atoms with Crippen LogP contribution in [0.1, 0.15) is 27.3 Å². The molecule has 2 aromatic rings. The molecule has 3 rings (SSSR count). The quantitative estimate of drug-likeness (QED) is 0.820. The van der Waals surface area contributed by atoms with E-state index in [9.17, 15) is 9.59 Å². The van der Waals surface area contributed by atoms with Crippen molar-refractivity contribution >= 4 is 11.8 Å². The van der Waals surface area contributed by atoms with E-state index in [1.165, 1.54) is 18.6 Å². The van der Waals surface area contributed by atoms with Gasteiger partial charge in [-0.15, -0.1) is 0 Å². The van der Waals surface area contributed by atoms with Crippen molar-refractivity contribution in [1.29, 1.82) is 0 Å². The van der Waals surface area contributed by atoms with Crippen molar-refractivity contribution in [2.75, 3.05) is 19.7 Å². The van der Waals surface area contributed by atoms with Gasteiger partial charge < -0.3 is 15.4 Å². The van der Waals surface area contributed by atoms with Gasteiger partial charge in [0.05, 0.1) is 18.9 Å². The van der Waals surface area contributed by atoms with E-state index in [0.717, 1.165) is 6.42 Å². The van der Waals surface area contributed by atoms with E-state index in [-0.39, 0.29) is 29.5 Å². The molecule has 1 aromatic carbocycles. The van der Waals surface area contributed by atoms with E-state index in [2.05, 4.69) is 20.6 Å². The van der Waals surface area contributed by atoms with Crippen molar-refractivity contribution in [2.45, 2.75) is 12.5 Å². The largest absolute Gasteiger partial charge is 0.376 e. The third kappa shape index (κ3) is 4.84. The molecule has 130 valence electrons. The van der Waals surface area contributed by atoms with Crippen LogP contribution >= 0.6 is 0 Å². The fourth-order valence-electron chi connectivity index (χ4n) is 2.71. The molecule has 7 heteroatoms. The number of benzene rings is 1. The molecule has 2 heterocycles. The van der Waals surface area contributed by atoms with E-state index >= 15 is 0 Å². The third-order valence-electron chi connectivity index (χ3n) is 4.04. The van der Waals surface area contributed by atoms with Gasteiger partial charge in [0.15, 0.2) is 0 Å². The Hall–Kier alpha value is -2.80. The maximum atomic E-state index is 12.0. The first-order valence-electron chi connectivity index (χ1n) is 8.21. The minimum absolute atomic E-state index is 0.0563. The van der Waals surface area contributed by atoms with Gasteiger partial charge >= 0.3 is 0 Å². The molecule has 25 heavy (non-hydrogen) atoms. The average molecular weight is 340 g/mol. The van der Waals surface area contributed by atoms with Gasteiger partial charge in [0.25, 0.3) is 11.8 Å². The Bertz CT molecular complexity index is 647. The molecular weight excluding hydrogens is 320 g/mol. The molecule has 1 saturated heterocycles. The summed E-state index contributed by atoms with van der Waals surface area (Å²) in [4.78, 5) is 31.8. The summed E-state index contributed by atoms with van der Waals surface area (Å²) in [6, 6.07) is 9.12. The number of hydrogen-bond acceptors (Lipinski definition) is 5. The molecule has 0 saturated carbocycles. The number of rotatable bonds is 6. The Morgan fingerprint density at radius 3 is 2.64 bits per heavy atom. The van der Waals surface area contributed by atoms with E-state index in [1.807, 2.05) is 18.2 Å². The summed E-state index contributed by atoms with van der Waals surface area (Å²) in [7, 11) is 0. The summed E-state index contributed by atoms with van der Waals surface area (Å²) in [5.74, 6) is -0.108. The van der Waals surface area contributed by atoms with Crippen LogP contribution in [0.5, 0.6) is 0 Å². The van der Waals surface area contributed by atoms with Crippen LogP contribution < -0.4 is 10.6 Å². The topological polar surface area (TPSA) is 93.2 Å². The molecule has 2 atom stereocenters. The smallest absolute Gasteiger partial charge is 0.271 e. The highest BCUT2D eigenvalue weighted by molar-refractivity contribution is 5.94. The highest BCUT2D eigenvalue weighted by atomic mass is 16.5. The first kappa shape index (κ1) is 17.0. The second-order valence-corrected chi connectivity index (χ2v) is 5.93. The lowest BCUT2D eigenvalue weighted by Crippen LogP contribution is -2.33. The average Bonchev–Trinajstić information content (AvgIpc) is 3.13. The predicted octanol–water partition coefficient (Wildman–Crippen LogP) is 1.04. The summed E-state index contributed by atoms with van der Waals surface area (Å²) >= 11 is 0. The lowest BCUT2D eigenvalue weighted by atomic mass is 10.1. The monoisotopic (exact) mass is 340 g/mol. The predicted molar refractivity (Wildman–Crippen MR) is 91.0 cm³/mol. The molecule has 0 bridgehead atoms. The molecule has 7 nitrogen and oxygen atoms in total. The maximum absolute atomic E-state index is 12.0. The van der Waals surface area contributed by atoms with Crippen molar-refractivity contribution in [3.05, 3.63) is 60.2 Å². The van der Waals surface area contributed by atoms with Gasteiger partial charge in [-0.1, -0.05) is 18.2 Å². The zero-order valence-corrected chi connectivity index (χ0v) is 13.7. The Balaban J connectivity index is 1.39. The number of aromatic nitrogens is 2. The van der Waals surface area contributed by atoms with Gasteiger partial charge in [-0.05, 0) is 18.6 Å². The number of carbonyl (C=O) groups excluding carboxylic acids is 2. The fourth-order valence-corrected chi connectivity index (χ4v) is 2.71. The molecule has 1 aromatic heterocycles. The van der Waals surface area contributed by atoms with E-state index < -0.39 is 0 Å². The van der Waals surface area contributed by atoms with Crippen molar-refractivity contribution in [2.24, 2.45) is 5.92 Å². The van der Waals surface area contributed by atoms with E-state index in [4.69, 9.17) is 4.74 Å². The van der Waals surface area contributed by atoms with Crippen LogP contribution in [-0.2, 0) is 4.74 Å². The van der Waals surface area contributed by atoms with E-state index in [1.54, 1.807) is 12.1 Å². The highest BCUT2D eigenvalue weighted by Crippen LogP contribution is 2.18. The summed E-state index contributed by atoms with van der Waals surface area (Å²) in [6.45, 7) is 1.54. The normalized spacial score (nSPS) is 19.4. The number of amides is 2. The van der Waals surface area contributed by atoms with Gasteiger partial charge in [-0.3, -0.25) is 14.6 Å². The van der Waals surface area contributed by atoms with Gasteiger partial charge in [0, 0.05) is 37.0 Å². The number of ether oxygens (including phenoxy) is 1. The van der Waals surface area contributed by atoms with Gasteiger partial charge in [0.2, 0.25) is 0 Å². The molecule has 1 aliphatic rings. The van der Waals surface area contributed by atoms with Gasteiger partial charge in [-0.25, -0.2) is 4.98 Å². The molecule has 0 spiro atoms. The van der Waals surface area contributed by atoms with Crippen LogP contribution in [-0.4, -0.2) is 47.6 Å². The molecule has 1 fully saturated rings.